The van der Waals surface area contributed by atoms with Gasteiger partial charge in [-0.25, -0.2) is 0 Å². The lowest BCUT2D eigenvalue weighted by Gasteiger charge is -2.11. The molecule has 0 bridgehead atoms. The van der Waals surface area contributed by atoms with Gasteiger partial charge >= 0.3 is 11.8 Å². The Kier molecular flexibility index (Phi) is 6.45. The van der Waals surface area contributed by atoms with Crippen molar-refractivity contribution < 1.29 is 19.4 Å². The molecule has 0 saturated carbocycles. The van der Waals surface area contributed by atoms with Gasteiger partial charge < -0.3 is 20.5 Å². The van der Waals surface area contributed by atoms with E-state index in [0.717, 1.165) is 20.2 Å². The number of carbonyl (C=O) groups excluding carboxylic acids is 2. The van der Waals surface area contributed by atoms with Gasteiger partial charge in [-0.3, -0.25) is 9.59 Å². The zero-order valence-electron chi connectivity index (χ0n) is 15.4. The summed E-state index contributed by atoms with van der Waals surface area (Å²) in [5.74, 6) is -1.02. The van der Waals surface area contributed by atoms with Gasteiger partial charge in [-0.15, -0.1) is 22.7 Å². The lowest BCUT2D eigenvalue weighted by molar-refractivity contribution is -0.136. The van der Waals surface area contributed by atoms with Gasteiger partial charge in [-0.2, -0.15) is 0 Å². The van der Waals surface area contributed by atoms with Crippen LogP contribution in [0, 0.1) is 6.92 Å². The number of methoxy groups -OCH3 is 1. The number of amides is 2. The van der Waals surface area contributed by atoms with E-state index in [0.29, 0.717) is 11.4 Å². The van der Waals surface area contributed by atoms with E-state index in [1.54, 1.807) is 12.1 Å². The average Bonchev–Trinajstić information content (AvgIpc) is 3.38. The summed E-state index contributed by atoms with van der Waals surface area (Å²) in [5, 5.41) is 17.4. The molecular weight excluding hydrogens is 396 g/mol. The van der Waals surface area contributed by atoms with Gasteiger partial charge in [-0.1, -0.05) is 12.1 Å². The molecule has 6 nitrogen and oxygen atoms in total. The number of anilines is 1. The fourth-order valence-electron chi connectivity index (χ4n) is 2.57. The predicted molar refractivity (Wildman–Crippen MR) is 111 cm³/mol. The van der Waals surface area contributed by atoms with Gasteiger partial charge in [-0.05, 0) is 48.2 Å². The molecule has 28 heavy (non-hydrogen) atoms. The number of benzene rings is 1. The second kappa shape index (κ2) is 9.01. The number of thiophene rings is 2. The number of ether oxygens (including phenoxy) is 1. The van der Waals surface area contributed by atoms with Crippen molar-refractivity contribution in [3.63, 3.8) is 0 Å². The first-order valence-corrected chi connectivity index (χ1v) is 10.2. The molecule has 1 aromatic carbocycles. The lowest BCUT2D eigenvalue weighted by Crippen LogP contribution is -2.34. The lowest BCUT2D eigenvalue weighted by atomic mass is 10.2. The molecule has 2 aromatic heterocycles. The Bertz CT molecular complexity index is 967. The van der Waals surface area contributed by atoms with E-state index in [9.17, 15) is 14.7 Å². The minimum Gasteiger partial charge on any atom is -0.495 e. The highest BCUT2D eigenvalue weighted by molar-refractivity contribution is 7.12. The first kappa shape index (κ1) is 20.1. The van der Waals surface area contributed by atoms with Crippen LogP contribution in [0.15, 0.2) is 47.8 Å². The molecule has 8 heteroatoms. The second-order valence-electron chi connectivity index (χ2n) is 6.06. The van der Waals surface area contributed by atoms with E-state index in [-0.39, 0.29) is 6.54 Å². The monoisotopic (exact) mass is 416 g/mol. The molecule has 2 amide bonds. The molecule has 0 saturated heterocycles. The van der Waals surface area contributed by atoms with Crippen molar-refractivity contribution in [2.24, 2.45) is 0 Å². The highest BCUT2D eigenvalue weighted by Gasteiger charge is 2.17. The molecule has 0 aliphatic heterocycles. The van der Waals surface area contributed by atoms with Gasteiger partial charge in [0.1, 0.15) is 11.9 Å². The smallest absolute Gasteiger partial charge is 0.313 e. The van der Waals surface area contributed by atoms with Crippen LogP contribution in [0.4, 0.5) is 5.69 Å². The highest BCUT2D eigenvalue weighted by Crippen LogP contribution is 2.31. The topological polar surface area (TPSA) is 87.7 Å². The predicted octanol–water partition coefficient (Wildman–Crippen LogP) is 3.46. The van der Waals surface area contributed by atoms with E-state index < -0.39 is 17.9 Å². The SMILES string of the molecule is COc1ccc(C)cc1NC(=O)C(=O)NCc1ccc(C(O)c2cccs2)s1. The fraction of sp³-hybridized carbons (Fsp3) is 0.200. The number of hydrogen-bond donors (Lipinski definition) is 3. The van der Waals surface area contributed by atoms with Crippen molar-refractivity contribution in [2.75, 3.05) is 12.4 Å². The Morgan fingerprint density at radius 1 is 1.14 bits per heavy atom. The summed E-state index contributed by atoms with van der Waals surface area (Å²) in [6.07, 6.45) is -0.675. The molecule has 0 radical (unpaired) electrons. The van der Waals surface area contributed by atoms with Crippen LogP contribution in [0.5, 0.6) is 5.75 Å². The van der Waals surface area contributed by atoms with Crippen molar-refractivity contribution in [2.45, 2.75) is 19.6 Å². The quantitative estimate of drug-likeness (QED) is 0.537. The number of aryl methyl sites for hydroxylation is 1. The van der Waals surface area contributed by atoms with Crippen molar-refractivity contribution in [1.82, 2.24) is 5.32 Å². The van der Waals surface area contributed by atoms with Crippen molar-refractivity contribution >= 4 is 40.2 Å². The maximum absolute atomic E-state index is 12.2. The van der Waals surface area contributed by atoms with Crippen LogP contribution < -0.4 is 15.4 Å². The van der Waals surface area contributed by atoms with Gasteiger partial charge in [0.15, 0.2) is 0 Å². The Morgan fingerprint density at radius 2 is 1.96 bits per heavy atom. The number of carbonyl (C=O) groups is 2. The van der Waals surface area contributed by atoms with Crippen LogP contribution in [0.25, 0.3) is 0 Å². The zero-order valence-corrected chi connectivity index (χ0v) is 17.0. The first-order chi connectivity index (χ1) is 13.5. The highest BCUT2D eigenvalue weighted by atomic mass is 32.1. The van der Waals surface area contributed by atoms with Gasteiger partial charge in [0.25, 0.3) is 0 Å². The van der Waals surface area contributed by atoms with Crippen LogP contribution in [0.2, 0.25) is 0 Å². The third-order valence-electron chi connectivity index (χ3n) is 4.00. The van der Waals surface area contributed by atoms with E-state index in [4.69, 9.17) is 4.74 Å². The summed E-state index contributed by atoms with van der Waals surface area (Å²) in [6.45, 7) is 2.09. The largest absolute Gasteiger partial charge is 0.495 e. The summed E-state index contributed by atoms with van der Waals surface area (Å²) in [5.41, 5.74) is 1.38. The number of hydrogen-bond acceptors (Lipinski definition) is 6. The average molecular weight is 417 g/mol. The summed E-state index contributed by atoms with van der Waals surface area (Å²) < 4.78 is 5.20. The van der Waals surface area contributed by atoms with Gasteiger partial charge in [0.2, 0.25) is 0 Å². The molecule has 0 fully saturated rings. The molecule has 3 aromatic rings. The minimum atomic E-state index is -0.765. The van der Waals surface area contributed by atoms with Crippen LogP contribution in [-0.2, 0) is 16.1 Å². The van der Waals surface area contributed by atoms with Crippen LogP contribution in [-0.4, -0.2) is 24.0 Å². The molecule has 3 N–H and O–H groups in total. The maximum Gasteiger partial charge on any atom is 0.313 e. The molecule has 1 unspecified atom stereocenters. The Balaban J connectivity index is 1.57. The molecule has 0 aliphatic carbocycles. The van der Waals surface area contributed by atoms with E-state index in [1.165, 1.54) is 29.8 Å². The van der Waals surface area contributed by atoms with Crippen molar-refractivity contribution in [3.05, 3.63) is 68.0 Å². The van der Waals surface area contributed by atoms with Crippen molar-refractivity contribution in [1.29, 1.82) is 0 Å². The number of rotatable bonds is 6. The summed E-state index contributed by atoms with van der Waals surface area (Å²) in [7, 11) is 1.50. The molecule has 146 valence electrons. The van der Waals surface area contributed by atoms with Crippen LogP contribution in [0.3, 0.4) is 0 Å². The summed E-state index contributed by atoms with van der Waals surface area (Å²) in [4.78, 5) is 26.8. The number of aliphatic hydroxyl groups is 1. The third kappa shape index (κ3) is 4.78. The number of aliphatic hydroxyl groups excluding tert-OH is 1. The molecule has 2 heterocycles. The molecule has 3 rings (SSSR count). The van der Waals surface area contributed by atoms with E-state index >= 15 is 0 Å². The second-order valence-corrected chi connectivity index (χ2v) is 8.24. The standard InChI is InChI=1S/C20H20N2O4S2/c1-12-5-7-15(26-2)14(10-12)22-20(25)19(24)21-11-13-6-8-17(28-13)18(23)16-4-3-9-27-16/h3-10,18,23H,11H2,1-2H3,(H,21,24)(H,22,25). The minimum absolute atomic E-state index is 0.207. The van der Waals surface area contributed by atoms with E-state index in [2.05, 4.69) is 10.6 Å². The maximum atomic E-state index is 12.2. The Hall–Kier alpha value is -2.68. The zero-order chi connectivity index (χ0) is 20.1. The normalized spacial score (nSPS) is 11.7. The Labute approximate surface area is 170 Å². The van der Waals surface area contributed by atoms with Gasteiger partial charge in [0.05, 0.1) is 19.3 Å². The van der Waals surface area contributed by atoms with E-state index in [1.807, 2.05) is 42.6 Å². The molecule has 0 spiro atoms. The van der Waals surface area contributed by atoms with Crippen molar-refractivity contribution in [3.8, 4) is 5.75 Å². The molecular formula is C20H20N2O4S2. The fourth-order valence-corrected chi connectivity index (χ4v) is 4.33. The molecule has 0 aliphatic rings. The Morgan fingerprint density at radius 3 is 2.68 bits per heavy atom. The third-order valence-corrected chi connectivity index (χ3v) is 6.06. The van der Waals surface area contributed by atoms with Gasteiger partial charge in [0, 0.05) is 14.6 Å². The first-order valence-electron chi connectivity index (χ1n) is 8.52. The number of nitrogens with one attached hydrogen (secondary N) is 2. The summed E-state index contributed by atoms with van der Waals surface area (Å²) >= 11 is 2.88. The van der Waals surface area contributed by atoms with Crippen LogP contribution >= 0.6 is 22.7 Å². The van der Waals surface area contributed by atoms with Crippen LogP contribution in [0.1, 0.15) is 26.3 Å². The molecule has 1 atom stereocenters. The summed E-state index contributed by atoms with van der Waals surface area (Å²) in [6, 6.07) is 12.7.